The molecule has 0 saturated carbocycles. The fraction of sp³-hybridized carbons (Fsp3) is 0.312. The van der Waals surface area contributed by atoms with E-state index >= 15 is 0 Å². The number of aryl methyl sites for hydroxylation is 2. The molecule has 0 saturated heterocycles. The predicted octanol–water partition coefficient (Wildman–Crippen LogP) is 2.62. The molecule has 0 fully saturated rings. The number of pyridine rings is 1. The lowest BCUT2D eigenvalue weighted by Crippen LogP contribution is -2.32. The third-order valence-electron chi connectivity index (χ3n) is 4.02. The molecule has 98 valence electrons. The van der Waals surface area contributed by atoms with Crippen molar-refractivity contribution in [2.45, 2.75) is 31.7 Å². The molecule has 2 atom stereocenters. The topological polar surface area (TPSA) is 50.9 Å². The highest BCUT2D eigenvalue weighted by molar-refractivity contribution is 5.34. The van der Waals surface area contributed by atoms with E-state index in [9.17, 15) is 0 Å². The maximum absolute atomic E-state index is 5.80. The second-order valence-electron chi connectivity index (χ2n) is 5.25. The van der Waals surface area contributed by atoms with Crippen LogP contribution in [0.2, 0.25) is 0 Å². The van der Waals surface area contributed by atoms with Crippen LogP contribution in [0.3, 0.4) is 0 Å². The van der Waals surface area contributed by atoms with E-state index in [4.69, 9.17) is 5.84 Å². The van der Waals surface area contributed by atoms with Crippen LogP contribution >= 0.6 is 0 Å². The minimum Gasteiger partial charge on any atom is -0.271 e. The zero-order valence-corrected chi connectivity index (χ0v) is 11.1. The molecule has 0 aliphatic heterocycles. The highest BCUT2D eigenvalue weighted by Crippen LogP contribution is 2.39. The van der Waals surface area contributed by atoms with Crippen molar-refractivity contribution in [3.8, 4) is 0 Å². The summed E-state index contributed by atoms with van der Waals surface area (Å²) in [5, 5.41) is 0. The molecule has 1 aliphatic rings. The van der Waals surface area contributed by atoms with Gasteiger partial charge in [0.1, 0.15) is 0 Å². The monoisotopic (exact) mass is 253 g/mol. The standard InChI is InChI=1S/C16H19N3/c1-11-4-6-13(7-5-11)16(19-17)14-9-8-12-3-2-10-18-15(12)14/h2-7,10,14,16,19H,8-9,17H2,1H3. The summed E-state index contributed by atoms with van der Waals surface area (Å²) in [4.78, 5) is 4.56. The van der Waals surface area contributed by atoms with E-state index in [0.29, 0.717) is 5.92 Å². The number of nitrogens with zero attached hydrogens (tertiary/aromatic N) is 1. The van der Waals surface area contributed by atoms with Crippen LogP contribution in [0, 0.1) is 6.92 Å². The first-order valence-corrected chi connectivity index (χ1v) is 6.76. The molecule has 3 nitrogen and oxygen atoms in total. The number of rotatable bonds is 3. The number of benzene rings is 1. The second-order valence-corrected chi connectivity index (χ2v) is 5.25. The Morgan fingerprint density at radius 3 is 2.79 bits per heavy atom. The van der Waals surface area contributed by atoms with Crippen LogP contribution in [-0.2, 0) is 6.42 Å². The molecular weight excluding hydrogens is 234 g/mol. The van der Waals surface area contributed by atoms with Gasteiger partial charge in [-0.15, -0.1) is 0 Å². The van der Waals surface area contributed by atoms with Gasteiger partial charge in [-0.3, -0.25) is 16.3 Å². The van der Waals surface area contributed by atoms with Crippen LogP contribution in [0.5, 0.6) is 0 Å². The Hall–Kier alpha value is -1.71. The fourth-order valence-electron chi connectivity index (χ4n) is 2.99. The Balaban J connectivity index is 1.94. The zero-order valence-electron chi connectivity index (χ0n) is 11.1. The quantitative estimate of drug-likeness (QED) is 0.653. The Labute approximate surface area is 113 Å². The molecule has 1 heterocycles. The number of nitrogens with one attached hydrogen (secondary N) is 1. The van der Waals surface area contributed by atoms with E-state index in [1.54, 1.807) is 0 Å². The van der Waals surface area contributed by atoms with Crippen LogP contribution < -0.4 is 11.3 Å². The lowest BCUT2D eigenvalue weighted by atomic mass is 9.91. The predicted molar refractivity (Wildman–Crippen MR) is 76.5 cm³/mol. The van der Waals surface area contributed by atoms with Crippen LogP contribution in [0.25, 0.3) is 0 Å². The minimum absolute atomic E-state index is 0.136. The molecule has 0 amide bonds. The van der Waals surface area contributed by atoms with Gasteiger partial charge in [-0.25, -0.2) is 0 Å². The van der Waals surface area contributed by atoms with Gasteiger partial charge in [-0.05, 0) is 37.0 Å². The Morgan fingerprint density at radius 2 is 2.05 bits per heavy atom. The van der Waals surface area contributed by atoms with E-state index in [1.165, 1.54) is 22.4 Å². The molecule has 0 spiro atoms. The lowest BCUT2D eigenvalue weighted by molar-refractivity contribution is 0.447. The number of hydrazine groups is 1. The maximum atomic E-state index is 5.80. The first-order valence-electron chi connectivity index (χ1n) is 6.76. The van der Waals surface area contributed by atoms with Crippen molar-refractivity contribution in [3.05, 3.63) is 65.0 Å². The number of hydrogen-bond donors (Lipinski definition) is 2. The van der Waals surface area contributed by atoms with Gasteiger partial charge in [-0.1, -0.05) is 35.9 Å². The van der Waals surface area contributed by atoms with Gasteiger partial charge in [0.05, 0.1) is 6.04 Å². The van der Waals surface area contributed by atoms with Gasteiger partial charge < -0.3 is 0 Å². The zero-order chi connectivity index (χ0) is 13.2. The molecule has 2 unspecified atom stereocenters. The highest BCUT2D eigenvalue weighted by atomic mass is 15.2. The molecular formula is C16H19N3. The highest BCUT2D eigenvalue weighted by Gasteiger charge is 2.31. The molecule has 1 aromatic carbocycles. The minimum atomic E-state index is 0.136. The third kappa shape index (κ3) is 2.27. The van der Waals surface area contributed by atoms with Crippen molar-refractivity contribution in [2.24, 2.45) is 5.84 Å². The fourth-order valence-corrected chi connectivity index (χ4v) is 2.99. The first kappa shape index (κ1) is 12.3. The summed E-state index contributed by atoms with van der Waals surface area (Å²) in [6.45, 7) is 2.10. The Kier molecular flexibility index (Phi) is 3.32. The summed E-state index contributed by atoms with van der Waals surface area (Å²) in [7, 11) is 0. The second kappa shape index (κ2) is 5.11. The summed E-state index contributed by atoms with van der Waals surface area (Å²) >= 11 is 0. The van der Waals surface area contributed by atoms with Gasteiger partial charge in [0.15, 0.2) is 0 Å². The molecule has 19 heavy (non-hydrogen) atoms. The van der Waals surface area contributed by atoms with Crippen molar-refractivity contribution in [2.75, 3.05) is 0 Å². The van der Waals surface area contributed by atoms with Crippen LogP contribution in [-0.4, -0.2) is 4.98 Å². The molecule has 1 aromatic heterocycles. The Morgan fingerprint density at radius 1 is 1.26 bits per heavy atom. The third-order valence-corrected chi connectivity index (χ3v) is 4.02. The molecule has 3 N–H and O–H groups in total. The van der Waals surface area contributed by atoms with E-state index in [2.05, 4.69) is 47.7 Å². The number of fused-ring (bicyclic) bond motifs is 1. The van der Waals surface area contributed by atoms with Gasteiger partial charge in [-0.2, -0.15) is 0 Å². The van der Waals surface area contributed by atoms with Gasteiger partial charge in [0.2, 0.25) is 0 Å². The van der Waals surface area contributed by atoms with Crippen LogP contribution in [0.4, 0.5) is 0 Å². The largest absolute Gasteiger partial charge is 0.271 e. The SMILES string of the molecule is Cc1ccc(C(NN)C2CCc3cccnc32)cc1. The van der Waals surface area contributed by atoms with Crippen molar-refractivity contribution >= 4 is 0 Å². The van der Waals surface area contributed by atoms with E-state index in [1.807, 2.05) is 12.3 Å². The van der Waals surface area contributed by atoms with Crippen molar-refractivity contribution in [3.63, 3.8) is 0 Å². The van der Waals surface area contributed by atoms with Gasteiger partial charge in [0.25, 0.3) is 0 Å². The van der Waals surface area contributed by atoms with Gasteiger partial charge in [0, 0.05) is 17.8 Å². The normalized spacial score (nSPS) is 19.2. The van der Waals surface area contributed by atoms with E-state index in [-0.39, 0.29) is 6.04 Å². The molecule has 2 aromatic rings. The molecule has 0 bridgehead atoms. The number of aromatic nitrogens is 1. The van der Waals surface area contributed by atoms with E-state index < -0.39 is 0 Å². The summed E-state index contributed by atoms with van der Waals surface area (Å²) in [6, 6.07) is 12.9. The summed E-state index contributed by atoms with van der Waals surface area (Å²) in [5.41, 5.74) is 8.04. The van der Waals surface area contributed by atoms with Crippen molar-refractivity contribution < 1.29 is 0 Å². The van der Waals surface area contributed by atoms with E-state index in [0.717, 1.165) is 12.8 Å². The molecule has 1 aliphatic carbocycles. The average Bonchev–Trinajstić information content (AvgIpc) is 2.86. The smallest absolute Gasteiger partial charge is 0.0543 e. The molecule has 0 radical (unpaired) electrons. The first-order chi connectivity index (χ1) is 9.29. The van der Waals surface area contributed by atoms with Crippen molar-refractivity contribution in [1.29, 1.82) is 0 Å². The summed E-state index contributed by atoms with van der Waals surface area (Å²) < 4.78 is 0. The number of nitrogens with two attached hydrogens (primary N) is 1. The summed E-state index contributed by atoms with van der Waals surface area (Å²) in [6.07, 6.45) is 4.08. The molecule has 3 heteroatoms. The van der Waals surface area contributed by atoms with Gasteiger partial charge >= 0.3 is 0 Å². The van der Waals surface area contributed by atoms with Crippen molar-refractivity contribution in [1.82, 2.24) is 10.4 Å². The summed E-state index contributed by atoms with van der Waals surface area (Å²) in [5.74, 6) is 6.17. The van der Waals surface area contributed by atoms with Crippen LogP contribution in [0.1, 0.15) is 40.8 Å². The van der Waals surface area contributed by atoms with Crippen LogP contribution in [0.15, 0.2) is 42.6 Å². The average molecular weight is 253 g/mol. The Bertz CT molecular complexity index is 562. The lowest BCUT2D eigenvalue weighted by Gasteiger charge is -2.23. The number of hydrogen-bond acceptors (Lipinski definition) is 3. The maximum Gasteiger partial charge on any atom is 0.0543 e. The molecule has 3 rings (SSSR count).